The summed E-state index contributed by atoms with van der Waals surface area (Å²) in [7, 11) is 0. The van der Waals surface area contributed by atoms with E-state index in [1.54, 1.807) is 19.1 Å². The number of anilines is 1. The number of carbonyl (C=O) groups excluding carboxylic acids is 1. The van der Waals surface area contributed by atoms with Crippen molar-refractivity contribution in [2.24, 2.45) is 5.92 Å². The van der Waals surface area contributed by atoms with Gasteiger partial charge < -0.3 is 14.7 Å². The van der Waals surface area contributed by atoms with Gasteiger partial charge in [0.2, 0.25) is 0 Å². The fourth-order valence-corrected chi connectivity index (χ4v) is 2.66. The van der Waals surface area contributed by atoms with E-state index in [2.05, 4.69) is 4.90 Å². The lowest BCUT2D eigenvalue weighted by Gasteiger charge is -2.35. The first-order chi connectivity index (χ1) is 9.61. The van der Waals surface area contributed by atoms with Crippen molar-refractivity contribution in [1.29, 1.82) is 0 Å². The predicted molar refractivity (Wildman–Crippen MR) is 79.0 cm³/mol. The van der Waals surface area contributed by atoms with Crippen molar-refractivity contribution in [3.05, 3.63) is 29.8 Å². The maximum Gasteiger partial charge on any atom is 0.338 e. The first kappa shape index (κ1) is 14.9. The zero-order chi connectivity index (χ0) is 14.5. The summed E-state index contributed by atoms with van der Waals surface area (Å²) in [4.78, 5) is 13.9. The van der Waals surface area contributed by atoms with Crippen molar-refractivity contribution in [3.8, 4) is 0 Å². The monoisotopic (exact) mass is 277 g/mol. The lowest BCUT2D eigenvalue weighted by molar-refractivity contribution is 0.0526. The molecule has 110 valence electrons. The average Bonchev–Trinajstić information content (AvgIpc) is 2.48. The van der Waals surface area contributed by atoms with E-state index in [0.29, 0.717) is 18.1 Å². The normalized spacial score (nSPS) is 20.6. The van der Waals surface area contributed by atoms with Crippen molar-refractivity contribution in [3.63, 3.8) is 0 Å². The number of hydrogen-bond acceptors (Lipinski definition) is 4. The summed E-state index contributed by atoms with van der Waals surface area (Å²) in [5.74, 6) is 0.0491. The molecule has 20 heavy (non-hydrogen) atoms. The van der Waals surface area contributed by atoms with Crippen molar-refractivity contribution >= 4 is 11.7 Å². The Balaban J connectivity index is 2.04. The van der Waals surface area contributed by atoms with E-state index in [-0.39, 0.29) is 12.1 Å². The van der Waals surface area contributed by atoms with Crippen LogP contribution in [0.1, 0.15) is 37.0 Å². The van der Waals surface area contributed by atoms with Crippen LogP contribution in [0.4, 0.5) is 5.69 Å². The molecule has 1 aliphatic rings. The molecule has 1 aromatic rings. The van der Waals surface area contributed by atoms with E-state index in [4.69, 9.17) is 4.74 Å². The van der Waals surface area contributed by atoms with Crippen molar-refractivity contribution in [2.75, 3.05) is 24.6 Å². The molecule has 0 bridgehead atoms. The van der Waals surface area contributed by atoms with Crippen LogP contribution in [0.15, 0.2) is 24.3 Å². The molecule has 0 aliphatic carbocycles. The highest BCUT2D eigenvalue weighted by molar-refractivity contribution is 5.89. The van der Waals surface area contributed by atoms with Gasteiger partial charge in [-0.25, -0.2) is 4.79 Å². The Kier molecular flexibility index (Phi) is 5.01. The van der Waals surface area contributed by atoms with Crippen LogP contribution in [0.25, 0.3) is 0 Å². The van der Waals surface area contributed by atoms with E-state index in [1.807, 2.05) is 19.1 Å². The second-order valence-electron chi connectivity index (χ2n) is 5.36. The van der Waals surface area contributed by atoms with Gasteiger partial charge in [-0.05, 0) is 51.0 Å². The fraction of sp³-hybridized carbons (Fsp3) is 0.562. The molecule has 1 fully saturated rings. The molecule has 4 heteroatoms. The molecular formula is C16H23NO3. The van der Waals surface area contributed by atoms with Gasteiger partial charge in [-0.2, -0.15) is 0 Å². The summed E-state index contributed by atoms with van der Waals surface area (Å²) >= 11 is 0. The van der Waals surface area contributed by atoms with Gasteiger partial charge in [0.25, 0.3) is 0 Å². The standard InChI is InChI=1S/C16H23NO3/c1-3-20-16(19)13-6-8-15(9-7-13)17-10-4-5-14(11-17)12(2)18/h6-9,12,14,18H,3-5,10-11H2,1-2H3. The van der Waals surface area contributed by atoms with Crippen LogP contribution in [0, 0.1) is 5.92 Å². The SMILES string of the molecule is CCOC(=O)c1ccc(N2CCCC(C(C)O)C2)cc1. The molecular weight excluding hydrogens is 254 g/mol. The zero-order valence-electron chi connectivity index (χ0n) is 12.2. The lowest BCUT2D eigenvalue weighted by Crippen LogP contribution is -2.39. The highest BCUT2D eigenvalue weighted by atomic mass is 16.5. The molecule has 0 radical (unpaired) electrons. The molecule has 1 aromatic carbocycles. The summed E-state index contributed by atoms with van der Waals surface area (Å²) in [6.45, 7) is 5.93. The van der Waals surface area contributed by atoms with Gasteiger partial charge in [0.1, 0.15) is 0 Å². The molecule has 1 heterocycles. The number of carbonyl (C=O) groups is 1. The van der Waals surface area contributed by atoms with Gasteiger partial charge in [0.05, 0.1) is 18.3 Å². The van der Waals surface area contributed by atoms with Crippen molar-refractivity contribution in [1.82, 2.24) is 0 Å². The Morgan fingerprint density at radius 2 is 2.15 bits per heavy atom. The first-order valence-corrected chi connectivity index (χ1v) is 7.32. The maximum atomic E-state index is 11.6. The second-order valence-corrected chi connectivity index (χ2v) is 5.36. The molecule has 1 aliphatic heterocycles. The third-order valence-electron chi connectivity index (χ3n) is 3.88. The lowest BCUT2D eigenvalue weighted by atomic mass is 9.93. The Hall–Kier alpha value is -1.55. The molecule has 0 aromatic heterocycles. The Morgan fingerprint density at radius 3 is 2.75 bits per heavy atom. The molecule has 0 spiro atoms. The van der Waals surface area contributed by atoms with Gasteiger partial charge in [0.15, 0.2) is 0 Å². The third-order valence-corrected chi connectivity index (χ3v) is 3.88. The van der Waals surface area contributed by atoms with Gasteiger partial charge in [-0.1, -0.05) is 0 Å². The smallest absolute Gasteiger partial charge is 0.338 e. The van der Waals surface area contributed by atoms with Crippen LogP contribution < -0.4 is 4.90 Å². The highest BCUT2D eigenvalue weighted by Crippen LogP contribution is 2.25. The molecule has 0 amide bonds. The average molecular weight is 277 g/mol. The predicted octanol–water partition coefficient (Wildman–Crippen LogP) is 2.46. The Morgan fingerprint density at radius 1 is 1.45 bits per heavy atom. The van der Waals surface area contributed by atoms with E-state index in [9.17, 15) is 9.90 Å². The van der Waals surface area contributed by atoms with Gasteiger partial charge in [-0.15, -0.1) is 0 Å². The van der Waals surface area contributed by atoms with Crippen LogP contribution in [0.3, 0.4) is 0 Å². The van der Waals surface area contributed by atoms with E-state index in [1.165, 1.54) is 0 Å². The quantitative estimate of drug-likeness (QED) is 0.859. The first-order valence-electron chi connectivity index (χ1n) is 7.32. The minimum absolute atomic E-state index is 0.267. The number of aliphatic hydroxyl groups excluding tert-OH is 1. The zero-order valence-corrected chi connectivity index (χ0v) is 12.2. The number of benzene rings is 1. The number of ether oxygens (including phenoxy) is 1. The van der Waals surface area contributed by atoms with Gasteiger partial charge in [-0.3, -0.25) is 0 Å². The molecule has 1 N–H and O–H groups in total. The largest absolute Gasteiger partial charge is 0.462 e. The third kappa shape index (κ3) is 3.51. The number of rotatable bonds is 4. The maximum absolute atomic E-state index is 11.6. The van der Waals surface area contributed by atoms with Crippen molar-refractivity contribution in [2.45, 2.75) is 32.8 Å². The van der Waals surface area contributed by atoms with Crippen LogP contribution in [0.2, 0.25) is 0 Å². The number of nitrogens with zero attached hydrogens (tertiary/aromatic N) is 1. The van der Waals surface area contributed by atoms with Crippen LogP contribution in [-0.4, -0.2) is 36.9 Å². The highest BCUT2D eigenvalue weighted by Gasteiger charge is 2.23. The number of aliphatic hydroxyl groups is 1. The van der Waals surface area contributed by atoms with Crippen LogP contribution in [-0.2, 0) is 4.74 Å². The summed E-state index contributed by atoms with van der Waals surface area (Å²) in [5, 5.41) is 9.73. The molecule has 2 atom stereocenters. The minimum atomic E-state index is -0.278. The number of hydrogen-bond donors (Lipinski definition) is 1. The Bertz CT molecular complexity index is 442. The summed E-state index contributed by atoms with van der Waals surface area (Å²) in [6.07, 6.45) is 1.90. The van der Waals surface area contributed by atoms with Crippen molar-refractivity contribution < 1.29 is 14.6 Å². The number of piperidine rings is 1. The summed E-state index contributed by atoms with van der Waals surface area (Å²) in [6, 6.07) is 7.52. The number of esters is 1. The van der Waals surface area contributed by atoms with E-state index >= 15 is 0 Å². The fourth-order valence-electron chi connectivity index (χ4n) is 2.66. The molecule has 1 saturated heterocycles. The Labute approximate surface area is 120 Å². The molecule has 2 unspecified atom stereocenters. The van der Waals surface area contributed by atoms with Crippen LogP contribution >= 0.6 is 0 Å². The minimum Gasteiger partial charge on any atom is -0.462 e. The summed E-state index contributed by atoms with van der Waals surface area (Å²) in [5.41, 5.74) is 1.68. The molecule has 2 rings (SSSR count). The summed E-state index contributed by atoms with van der Waals surface area (Å²) < 4.78 is 4.98. The van der Waals surface area contributed by atoms with Crippen LogP contribution in [0.5, 0.6) is 0 Å². The topological polar surface area (TPSA) is 49.8 Å². The second kappa shape index (κ2) is 6.75. The van der Waals surface area contributed by atoms with E-state index < -0.39 is 0 Å². The molecule has 4 nitrogen and oxygen atoms in total. The molecule has 0 saturated carbocycles. The van der Waals surface area contributed by atoms with Gasteiger partial charge in [0, 0.05) is 24.7 Å². The van der Waals surface area contributed by atoms with Gasteiger partial charge >= 0.3 is 5.97 Å². The van der Waals surface area contributed by atoms with E-state index in [0.717, 1.165) is 31.6 Å².